The van der Waals surface area contributed by atoms with Crippen molar-refractivity contribution in [3.8, 4) is 0 Å². The third-order valence-electron chi connectivity index (χ3n) is 4.13. The molecule has 0 saturated carbocycles. The van der Waals surface area contributed by atoms with Crippen molar-refractivity contribution in [2.24, 2.45) is 16.7 Å². The molecule has 0 aromatic rings. The molecule has 1 N–H and O–H groups in total. The molecule has 0 aliphatic heterocycles. The summed E-state index contributed by atoms with van der Waals surface area (Å²) in [7, 11) is 0. The lowest BCUT2D eigenvalue weighted by Crippen LogP contribution is -2.46. The lowest BCUT2D eigenvalue weighted by molar-refractivity contribution is -0.134. The van der Waals surface area contributed by atoms with Crippen LogP contribution < -0.4 is 5.32 Å². The largest absolute Gasteiger partial charge is 0.346 e. The molecule has 0 aromatic heterocycles. The SMILES string of the molecule is CC(C)C(=O)CCC(=O)NC(CCC(=O)C(C)(C)C)C(=O)C(C)(C)C. The van der Waals surface area contributed by atoms with E-state index in [1.165, 1.54) is 0 Å². The summed E-state index contributed by atoms with van der Waals surface area (Å²) in [6.45, 7) is 14.5. The molecule has 0 heterocycles. The maximum Gasteiger partial charge on any atom is 0.221 e. The van der Waals surface area contributed by atoms with Gasteiger partial charge in [0, 0.05) is 36.0 Å². The van der Waals surface area contributed by atoms with Gasteiger partial charge >= 0.3 is 0 Å². The molecule has 0 saturated heterocycles. The third kappa shape index (κ3) is 8.94. The van der Waals surface area contributed by atoms with Crippen molar-refractivity contribution < 1.29 is 19.2 Å². The van der Waals surface area contributed by atoms with Crippen LogP contribution in [0.15, 0.2) is 0 Å². The zero-order chi connectivity index (χ0) is 20.0. The number of rotatable bonds is 9. The summed E-state index contributed by atoms with van der Waals surface area (Å²) in [4.78, 5) is 48.6. The fourth-order valence-corrected chi connectivity index (χ4v) is 2.23. The Balaban J connectivity index is 4.92. The number of amides is 1. The average Bonchev–Trinajstić information content (AvgIpc) is 2.45. The van der Waals surface area contributed by atoms with Gasteiger partial charge in [0.2, 0.25) is 5.91 Å². The maximum absolute atomic E-state index is 12.6. The predicted octanol–water partition coefficient (Wildman–Crippen LogP) is 3.49. The van der Waals surface area contributed by atoms with Crippen molar-refractivity contribution in [1.29, 1.82) is 0 Å². The van der Waals surface area contributed by atoms with E-state index in [0.29, 0.717) is 0 Å². The molecular weight excluding hydrogens is 318 g/mol. The Morgan fingerprint density at radius 1 is 0.800 bits per heavy atom. The number of carbonyl (C=O) groups is 4. The zero-order valence-electron chi connectivity index (χ0n) is 17.1. The fourth-order valence-electron chi connectivity index (χ4n) is 2.23. The highest BCUT2D eigenvalue weighted by atomic mass is 16.2. The van der Waals surface area contributed by atoms with Gasteiger partial charge < -0.3 is 5.32 Å². The van der Waals surface area contributed by atoms with Crippen LogP contribution >= 0.6 is 0 Å². The van der Waals surface area contributed by atoms with Gasteiger partial charge in [0.15, 0.2) is 5.78 Å². The Labute approximate surface area is 152 Å². The van der Waals surface area contributed by atoms with Gasteiger partial charge in [0.05, 0.1) is 6.04 Å². The maximum atomic E-state index is 12.6. The van der Waals surface area contributed by atoms with Crippen molar-refractivity contribution in [2.45, 2.75) is 87.1 Å². The second kappa shape index (κ2) is 9.25. The van der Waals surface area contributed by atoms with E-state index in [-0.39, 0.29) is 54.9 Å². The molecule has 25 heavy (non-hydrogen) atoms. The number of hydrogen-bond acceptors (Lipinski definition) is 4. The Bertz CT molecular complexity index is 507. The highest BCUT2D eigenvalue weighted by Crippen LogP contribution is 2.22. The molecule has 0 aliphatic carbocycles. The summed E-state index contributed by atoms with van der Waals surface area (Å²) in [5.74, 6) is -0.443. The van der Waals surface area contributed by atoms with Crippen molar-refractivity contribution in [3.05, 3.63) is 0 Å². The number of carbonyl (C=O) groups excluding carboxylic acids is 4. The van der Waals surface area contributed by atoms with Crippen LogP contribution in [-0.4, -0.2) is 29.3 Å². The summed E-state index contributed by atoms with van der Waals surface area (Å²) < 4.78 is 0. The van der Waals surface area contributed by atoms with Gasteiger partial charge in [-0.25, -0.2) is 0 Å². The quantitative estimate of drug-likeness (QED) is 0.688. The van der Waals surface area contributed by atoms with Crippen LogP contribution in [0, 0.1) is 16.7 Å². The summed E-state index contributed by atoms with van der Waals surface area (Å²) >= 11 is 0. The predicted molar refractivity (Wildman–Crippen MR) is 99.2 cm³/mol. The van der Waals surface area contributed by atoms with Crippen LogP contribution in [0.5, 0.6) is 0 Å². The Morgan fingerprint density at radius 3 is 1.72 bits per heavy atom. The van der Waals surface area contributed by atoms with E-state index in [0.717, 1.165) is 0 Å². The van der Waals surface area contributed by atoms with Gasteiger partial charge in [-0.1, -0.05) is 55.4 Å². The second-order valence-corrected chi connectivity index (χ2v) is 9.07. The number of ketones is 3. The van der Waals surface area contributed by atoms with Gasteiger partial charge in [-0.3, -0.25) is 19.2 Å². The minimum atomic E-state index is -0.701. The van der Waals surface area contributed by atoms with Gasteiger partial charge in [0.1, 0.15) is 11.6 Å². The standard InChI is InChI=1S/C20H35NO4/c1-13(2)15(22)10-12-17(24)21-14(18(25)20(6,7)8)9-11-16(23)19(3,4)5/h13-14H,9-12H2,1-8H3,(H,21,24). The molecule has 144 valence electrons. The zero-order valence-corrected chi connectivity index (χ0v) is 17.1. The van der Waals surface area contributed by atoms with Crippen molar-refractivity contribution in [3.63, 3.8) is 0 Å². The van der Waals surface area contributed by atoms with Crippen LogP contribution in [0.1, 0.15) is 81.1 Å². The van der Waals surface area contributed by atoms with E-state index in [4.69, 9.17) is 0 Å². The van der Waals surface area contributed by atoms with Gasteiger partial charge in [-0.2, -0.15) is 0 Å². The molecule has 0 radical (unpaired) electrons. The Hall–Kier alpha value is -1.52. The van der Waals surface area contributed by atoms with E-state index >= 15 is 0 Å². The topological polar surface area (TPSA) is 80.3 Å². The molecule has 5 heteroatoms. The van der Waals surface area contributed by atoms with E-state index in [1.807, 2.05) is 20.8 Å². The third-order valence-corrected chi connectivity index (χ3v) is 4.13. The van der Waals surface area contributed by atoms with Crippen LogP contribution in [-0.2, 0) is 19.2 Å². The van der Waals surface area contributed by atoms with E-state index in [2.05, 4.69) is 5.32 Å². The average molecular weight is 354 g/mol. The molecule has 0 bridgehead atoms. The van der Waals surface area contributed by atoms with Crippen molar-refractivity contribution in [2.75, 3.05) is 0 Å². The smallest absolute Gasteiger partial charge is 0.221 e. The van der Waals surface area contributed by atoms with E-state index in [9.17, 15) is 19.2 Å². The molecule has 0 aromatic carbocycles. The number of nitrogens with one attached hydrogen (secondary N) is 1. The lowest BCUT2D eigenvalue weighted by Gasteiger charge is -2.26. The van der Waals surface area contributed by atoms with E-state index < -0.39 is 16.9 Å². The Morgan fingerprint density at radius 2 is 1.32 bits per heavy atom. The summed E-state index contributed by atoms with van der Waals surface area (Å²) in [5.41, 5.74) is -1.08. The minimum Gasteiger partial charge on any atom is -0.346 e. The molecule has 0 aliphatic rings. The summed E-state index contributed by atoms with van der Waals surface area (Å²) in [6, 6.07) is -0.701. The second-order valence-electron chi connectivity index (χ2n) is 9.07. The van der Waals surface area contributed by atoms with Crippen LogP contribution in [0.2, 0.25) is 0 Å². The van der Waals surface area contributed by atoms with Crippen molar-refractivity contribution in [1.82, 2.24) is 5.32 Å². The lowest BCUT2D eigenvalue weighted by atomic mass is 9.82. The fraction of sp³-hybridized carbons (Fsp3) is 0.800. The molecule has 5 nitrogen and oxygen atoms in total. The first-order valence-electron chi connectivity index (χ1n) is 9.06. The first-order chi connectivity index (χ1) is 11.2. The van der Waals surface area contributed by atoms with Crippen LogP contribution in [0.3, 0.4) is 0 Å². The monoisotopic (exact) mass is 353 g/mol. The van der Waals surface area contributed by atoms with Crippen LogP contribution in [0.4, 0.5) is 0 Å². The van der Waals surface area contributed by atoms with E-state index in [1.54, 1.807) is 34.6 Å². The molecule has 1 unspecified atom stereocenters. The molecule has 0 rings (SSSR count). The summed E-state index contributed by atoms with van der Waals surface area (Å²) in [6.07, 6.45) is 0.760. The molecule has 0 fully saturated rings. The molecule has 0 spiro atoms. The number of Topliss-reactive ketones (excluding diaryl/α,β-unsaturated/α-hetero) is 3. The molecular formula is C20H35NO4. The van der Waals surface area contributed by atoms with Gasteiger partial charge in [-0.05, 0) is 6.42 Å². The first kappa shape index (κ1) is 23.5. The normalized spacial score (nSPS) is 13.5. The van der Waals surface area contributed by atoms with Crippen LogP contribution in [0.25, 0.3) is 0 Å². The molecule has 1 amide bonds. The summed E-state index contributed by atoms with van der Waals surface area (Å²) in [5, 5.41) is 2.73. The van der Waals surface area contributed by atoms with Crippen molar-refractivity contribution >= 4 is 23.3 Å². The highest BCUT2D eigenvalue weighted by Gasteiger charge is 2.32. The van der Waals surface area contributed by atoms with Gasteiger partial charge in [0.25, 0.3) is 0 Å². The first-order valence-corrected chi connectivity index (χ1v) is 9.06. The highest BCUT2D eigenvalue weighted by molar-refractivity contribution is 5.94. The minimum absolute atomic E-state index is 0.0248. The molecule has 1 atom stereocenters. The Kier molecular flexibility index (Phi) is 8.69. The van der Waals surface area contributed by atoms with Gasteiger partial charge in [-0.15, -0.1) is 0 Å². The number of hydrogen-bond donors (Lipinski definition) is 1.